The summed E-state index contributed by atoms with van der Waals surface area (Å²) < 4.78 is 5.52. The Hall–Kier alpha value is -0.440. The number of hydrogen-bond donors (Lipinski definition) is 1. The van der Waals surface area contributed by atoms with E-state index < -0.39 is 0 Å². The standard InChI is InChI=1S/C12H17Cl2NO/c1-3-5-11(15)9-6-8(13)7-10(14)12(9)16-4-2/h6-7,11H,3-5,15H2,1-2H3. The minimum atomic E-state index is -0.0808. The Labute approximate surface area is 107 Å². The summed E-state index contributed by atoms with van der Waals surface area (Å²) in [7, 11) is 0. The first-order valence-electron chi connectivity index (χ1n) is 5.47. The maximum atomic E-state index is 6.09. The highest BCUT2D eigenvalue weighted by Crippen LogP contribution is 2.36. The van der Waals surface area contributed by atoms with Crippen LogP contribution in [-0.4, -0.2) is 6.61 Å². The second kappa shape index (κ2) is 6.33. The molecule has 0 amide bonds. The maximum absolute atomic E-state index is 6.09. The molecule has 0 aliphatic carbocycles. The fraction of sp³-hybridized carbons (Fsp3) is 0.500. The van der Waals surface area contributed by atoms with Gasteiger partial charge in [-0.15, -0.1) is 0 Å². The smallest absolute Gasteiger partial charge is 0.142 e. The molecule has 0 saturated carbocycles. The summed E-state index contributed by atoms with van der Waals surface area (Å²) in [5.41, 5.74) is 6.97. The van der Waals surface area contributed by atoms with Gasteiger partial charge in [-0.25, -0.2) is 0 Å². The van der Waals surface area contributed by atoms with E-state index in [1.807, 2.05) is 13.0 Å². The van der Waals surface area contributed by atoms with E-state index in [0.717, 1.165) is 18.4 Å². The Balaban J connectivity index is 3.12. The Bertz CT molecular complexity index is 355. The Kier molecular flexibility index (Phi) is 5.39. The molecule has 1 atom stereocenters. The molecule has 1 rings (SSSR count). The van der Waals surface area contributed by atoms with Crippen LogP contribution in [0.15, 0.2) is 12.1 Å². The van der Waals surface area contributed by atoms with Crippen molar-refractivity contribution in [2.24, 2.45) is 5.73 Å². The molecule has 2 nitrogen and oxygen atoms in total. The van der Waals surface area contributed by atoms with Gasteiger partial charge in [0, 0.05) is 16.6 Å². The van der Waals surface area contributed by atoms with Crippen LogP contribution in [0.2, 0.25) is 10.0 Å². The van der Waals surface area contributed by atoms with Crippen LogP contribution in [0.3, 0.4) is 0 Å². The lowest BCUT2D eigenvalue weighted by atomic mass is 10.0. The van der Waals surface area contributed by atoms with E-state index in [0.29, 0.717) is 22.4 Å². The van der Waals surface area contributed by atoms with Gasteiger partial charge in [-0.1, -0.05) is 36.5 Å². The predicted molar refractivity (Wildman–Crippen MR) is 69.5 cm³/mol. The van der Waals surface area contributed by atoms with Crippen molar-refractivity contribution < 1.29 is 4.74 Å². The van der Waals surface area contributed by atoms with Gasteiger partial charge in [-0.05, 0) is 25.5 Å². The van der Waals surface area contributed by atoms with Crippen molar-refractivity contribution in [1.82, 2.24) is 0 Å². The fourth-order valence-corrected chi connectivity index (χ4v) is 2.18. The van der Waals surface area contributed by atoms with Crippen molar-refractivity contribution in [3.8, 4) is 5.75 Å². The van der Waals surface area contributed by atoms with Gasteiger partial charge in [0.2, 0.25) is 0 Å². The van der Waals surface area contributed by atoms with Crippen molar-refractivity contribution in [3.63, 3.8) is 0 Å². The van der Waals surface area contributed by atoms with E-state index in [-0.39, 0.29) is 6.04 Å². The van der Waals surface area contributed by atoms with E-state index >= 15 is 0 Å². The van der Waals surface area contributed by atoms with E-state index in [1.165, 1.54) is 0 Å². The molecule has 16 heavy (non-hydrogen) atoms. The van der Waals surface area contributed by atoms with Gasteiger partial charge in [-0.3, -0.25) is 0 Å². The predicted octanol–water partition coefficient (Wildman–Crippen LogP) is 4.19. The molecule has 0 fully saturated rings. The highest BCUT2D eigenvalue weighted by Gasteiger charge is 2.15. The first kappa shape index (κ1) is 13.6. The number of ether oxygens (including phenoxy) is 1. The number of nitrogens with two attached hydrogens (primary N) is 1. The van der Waals surface area contributed by atoms with Crippen molar-refractivity contribution in [2.75, 3.05) is 6.61 Å². The second-order valence-electron chi connectivity index (χ2n) is 3.63. The van der Waals surface area contributed by atoms with Gasteiger partial charge >= 0.3 is 0 Å². The average Bonchev–Trinajstić information content (AvgIpc) is 2.22. The summed E-state index contributed by atoms with van der Waals surface area (Å²) >= 11 is 12.1. The molecule has 1 aromatic rings. The van der Waals surface area contributed by atoms with Crippen LogP contribution < -0.4 is 10.5 Å². The molecule has 0 spiro atoms. The minimum absolute atomic E-state index is 0.0808. The van der Waals surface area contributed by atoms with Crippen LogP contribution in [0.4, 0.5) is 0 Å². The van der Waals surface area contributed by atoms with Crippen molar-refractivity contribution in [3.05, 3.63) is 27.7 Å². The van der Waals surface area contributed by atoms with E-state index in [9.17, 15) is 0 Å². The molecule has 4 heteroatoms. The minimum Gasteiger partial charge on any atom is -0.492 e. The Morgan fingerprint density at radius 1 is 1.31 bits per heavy atom. The van der Waals surface area contributed by atoms with Gasteiger partial charge in [0.1, 0.15) is 5.75 Å². The summed E-state index contributed by atoms with van der Waals surface area (Å²) in [6, 6.07) is 3.43. The second-order valence-corrected chi connectivity index (χ2v) is 4.48. The third kappa shape index (κ3) is 3.27. The van der Waals surface area contributed by atoms with Crippen molar-refractivity contribution in [1.29, 1.82) is 0 Å². The van der Waals surface area contributed by atoms with Crippen LogP contribution in [0.25, 0.3) is 0 Å². The third-order valence-electron chi connectivity index (χ3n) is 2.32. The third-order valence-corrected chi connectivity index (χ3v) is 2.82. The maximum Gasteiger partial charge on any atom is 0.142 e. The fourth-order valence-electron chi connectivity index (χ4n) is 1.62. The molecule has 2 N–H and O–H groups in total. The van der Waals surface area contributed by atoms with Crippen LogP contribution in [0.5, 0.6) is 5.75 Å². The lowest BCUT2D eigenvalue weighted by Crippen LogP contribution is -2.12. The zero-order valence-corrected chi connectivity index (χ0v) is 11.1. The van der Waals surface area contributed by atoms with Crippen LogP contribution in [0, 0.1) is 0 Å². The van der Waals surface area contributed by atoms with Gasteiger partial charge in [0.15, 0.2) is 0 Å². The molecule has 0 heterocycles. The zero-order valence-electron chi connectivity index (χ0n) is 9.59. The molecule has 0 aromatic heterocycles. The molecule has 0 radical (unpaired) electrons. The van der Waals surface area contributed by atoms with Gasteiger partial charge < -0.3 is 10.5 Å². The average molecular weight is 262 g/mol. The zero-order chi connectivity index (χ0) is 12.1. The van der Waals surface area contributed by atoms with E-state index in [1.54, 1.807) is 6.07 Å². The summed E-state index contributed by atoms with van der Waals surface area (Å²) in [5, 5.41) is 1.12. The molecule has 0 aliphatic heterocycles. The van der Waals surface area contributed by atoms with E-state index in [4.69, 9.17) is 33.7 Å². The van der Waals surface area contributed by atoms with Gasteiger partial charge in [-0.2, -0.15) is 0 Å². The van der Waals surface area contributed by atoms with Crippen molar-refractivity contribution in [2.45, 2.75) is 32.7 Å². The summed E-state index contributed by atoms with van der Waals surface area (Å²) in [5.74, 6) is 0.662. The van der Waals surface area contributed by atoms with Crippen LogP contribution in [0.1, 0.15) is 38.3 Å². The number of hydrogen-bond acceptors (Lipinski definition) is 2. The van der Waals surface area contributed by atoms with Crippen LogP contribution in [-0.2, 0) is 0 Å². The number of rotatable bonds is 5. The normalized spacial score (nSPS) is 12.6. The molecule has 0 saturated heterocycles. The first-order chi connectivity index (χ1) is 7.60. The molecule has 0 bridgehead atoms. The van der Waals surface area contributed by atoms with Gasteiger partial charge in [0.05, 0.1) is 11.6 Å². The molecule has 0 aliphatic rings. The number of halogens is 2. The lowest BCUT2D eigenvalue weighted by molar-refractivity contribution is 0.333. The first-order valence-corrected chi connectivity index (χ1v) is 6.23. The topological polar surface area (TPSA) is 35.2 Å². The number of benzene rings is 1. The lowest BCUT2D eigenvalue weighted by Gasteiger charge is -2.17. The molecule has 1 aromatic carbocycles. The van der Waals surface area contributed by atoms with Crippen molar-refractivity contribution >= 4 is 23.2 Å². The molecular formula is C12H17Cl2NO. The molecule has 1 unspecified atom stereocenters. The monoisotopic (exact) mass is 261 g/mol. The van der Waals surface area contributed by atoms with E-state index in [2.05, 4.69) is 6.92 Å². The highest BCUT2D eigenvalue weighted by atomic mass is 35.5. The largest absolute Gasteiger partial charge is 0.492 e. The quantitative estimate of drug-likeness (QED) is 0.863. The SMILES string of the molecule is CCCC(N)c1cc(Cl)cc(Cl)c1OCC. The summed E-state index contributed by atoms with van der Waals surface area (Å²) in [4.78, 5) is 0. The highest BCUT2D eigenvalue weighted by molar-refractivity contribution is 6.35. The molecular weight excluding hydrogens is 245 g/mol. The van der Waals surface area contributed by atoms with Crippen LogP contribution >= 0.6 is 23.2 Å². The molecule has 90 valence electrons. The summed E-state index contributed by atoms with van der Waals surface area (Å²) in [6.45, 7) is 4.57. The Morgan fingerprint density at radius 2 is 2.00 bits per heavy atom. The summed E-state index contributed by atoms with van der Waals surface area (Å²) in [6.07, 6.45) is 1.90. The van der Waals surface area contributed by atoms with Gasteiger partial charge in [0.25, 0.3) is 0 Å². The Morgan fingerprint density at radius 3 is 2.56 bits per heavy atom.